The molecule has 6 aliphatic rings. The number of benzene rings is 6. The Morgan fingerprint density at radius 1 is 0.590 bits per heavy atom. The monoisotopic (exact) mass is 786 g/mol. The van der Waals surface area contributed by atoms with Crippen LogP contribution in [0.1, 0.15) is 54.0 Å². The van der Waals surface area contributed by atoms with E-state index >= 15 is 0 Å². The van der Waals surface area contributed by atoms with E-state index in [1.165, 1.54) is 77.9 Å². The van der Waals surface area contributed by atoms with Gasteiger partial charge in [-0.3, -0.25) is 0 Å². The Balaban J connectivity index is 1.07. The van der Waals surface area contributed by atoms with Crippen molar-refractivity contribution >= 4 is 33.4 Å². The molecular formula is C59H50N2. The molecule has 6 atom stereocenters. The molecule has 0 heterocycles. The van der Waals surface area contributed by atoms with Crippen LogP contribution in [-0.4, -0.2) is 18.1 Å². The van der Waals surface area contributed by atoms with Crippen molar-refractivity contribution in [1.82, 2.24) is 0 Å². The van der Waals surface area contributed by atoms with Gasteiger partial charge in [0.1, 0.15) is 0 Å². The zero-order valence-electron chi connectivity index (χ0n) is 35.0. The summed E-state index contributed by atoms with van der Waals surface area (Å²) in [6, 6.07) is 51.4. The van der Waals surface area contributed by atoms with Crippen LogP contribution in [0.3, 0.4) is 0 Å². The number of anilines is 3. The summed E-state index contributed by atoms with van der Waals surface area (Å²) in [6.45, 7) is 4.70. The molecule has 61 heavy (non-hydrogen) atoms. The molecule has 0 saturated carbocycles. The quantitative estimate of drug-likeness (QED) is 0.155. The van der Waals surface area contributed by atoms with Crippen molar-refractivity contribution in [2.75, 3.05) is 9.80 Å². The fourth-order valence-corrected chi connectivity index (χ4v) is 12.1. The second-order valence-corrected chi connectivity index (χ2v) is 18.2. The number of fused-ring (bicyclic) bond motifs is 11. The van der Waals surface area contributed by atoms with Crippen LogP contribution in [0.25, 0.3) is 27.5 Å². The van der Waals surface area contributed by atoms with Gasteiger partial charge in [-0.1, -0.05) is 189 Å². The second-order valence-electron chi connectivity index (χ2n) is 18.2. The minimum absolute atomic E-state index is 0.0553. The lowest BCUT2D eigenvalue weighted by Crippen LogP contribution is -2.45. The van der Waals surface area contributed by atoms with Crippen LogP contribution in [0, 0.1) is 18.3 Å². The average Bonchev–Trinajstić information content (AvgIpc) is 3.76. The molecule has 0 radical (unpaired) electrons. The summed E-state index contributed by atoms with van der Waals surface area (Å²) in [4.78, 5) is 5.37. The zero-order valence-corrected chi connectivity index (χ0v) is 35.0. The molecule has 5 unspecified atom stereocenters. The Morgan fingerprint density at radius 3 is 2.28 bits per heavy atom. The van der Waals surface area contributed by atoms with Gasteiger partial charge >= 0.3 is 0 Å². The Morgan fingerprint density at radius 2 is 1.38 bits per heavy atom. The van der Waals surface area contributed by atoms with Gasteiger partial charge in [0.05, 0.1) is 23.5 Å². The molecule has 2 heteroatoms. The summed E-state index contributed by atoms with van der Waals surface area (Å²) in [5.41, 5.74) is 15.9. The first-order valence-corrected chi connectivity index (χ1v) is 22.3. The summed E-state index contributed by atoms with van der Waals surface area (Å²) in [7, 11) is 0. The van der Waals surface area contributed by atoms with Crippen LogP contribution in [-0.2, 0) is 5.41 Å². The van der Waals surface area contributed by atoms with E-state index in [1.807, 2.05) is 0 Å². The third-order valence-electron chi connectivity index (χ3n) is 14.8. The smallest absolute Gasteiger partial charge is 0.0690 e. The van der Waals surface area contributed by atoms with E-state index in [9.17, 15) is 0 Å². The van der Waals surface area contributed by atoms with Crippen molar-refractivity contribution in [3.05, 3.63) is 240 Å². The summed E-state index contributed by atoms with van der Waals surface area (Å²) >= 11 is 0. The minimum atomic E-state index is -0.443. The van der Waals surface area contributed by atoms with Gasteiger partial charge in [-0.05, 0) is 112 Å². The van der Waals surface area contributed by atoms with Gasteiger partial charge < -0.3 is 9.80 Å². The number of aryl methyl sites for hydroxylation is 1. The molecule has 296 valence electrons. The molecule has 1 spiro atoms. The number of hydrogen-bond acceptors (Lipinski definition) is 2. The SMILES string of the molecule is Cc1ccc2c(c1)C1(C3=C(C=CC(N(c4cccc5ccccc45)C4C=CC=CC4)C3)c3ccc(N(c4ccccc4)C4C=CC[C@]5(C)C=CC=CC45)cc31)c1ccccc1-2. The Labute approximate surface area is 360 Å². The molecular weight excluding hydrogens is 737 g/mol. The van der Waals surface area contributed by atoms with Gasteiger partial charge in [-0.25, -0.2) is 0 Å². The minimum Gasteiger partial charge on any atom is -0.357 e. The molecule has 0 fully saturated rings. The average molecular weight is 787 g/mol. The molecule has 0 saturated heterocycles. The van der Waals surface area contributed by atoms with E-state index in [-0.39, 0.29) is 23.5 Å². The van der Waals surface area contributed by atoms with Crippen LogP contribution >= 0.6 is 0 Å². The summed E-state index contributed by atoms with van der Waals surface area (Å²) in [5.74, 6) is 0.333. The zero-order chi connectivity index (χ0) is 40.7. The van der Waals surface area contributed by atoms with Gasteiger partial charge in [0.2, 0.25) is 0 Å². The van der Waals surface area contributed by atoms with E-state index < -0.39 is 5.41 Å². The number of hydrogen-bond donors (Lipinski definition) is 0. The third kappa shape index (κ3) is 5.41. The second kappa shape index (κ2) is 14.0. The highest BCUT2D eigenvalue weighted by Crippen LogP contribution is 2.64. The molecule has 0 amide bonds. The van der Waals surface area contributed by atoms with E-state index in [2.05, 4.69) is 230 Å². The standard InChI is InChI=1S/C59H50N2/c1-40-29-32-48-47-24-11-12-25-51(47)59(53(48)37-40)54-38-44(60(42-19-5-3-6-20-42)56-27-15-18-41-17-9-10-23-46(41)56)30-33-49(54)50-34-31-45(39-55(50)59)61(43-21-7-4-8-22-43)57-28-16-36-58(2)35-14-13-26-52(57)58/h3-19,21-35,37,39,42,44,52,57H,20,36,38H2,1-2H3/t42?,44?,52?,57?,58-,59?/m0/s1. The Hall–Kier alpha value is -6.64. The van der Waals surface area contributed by atoms with E-state index in [0.717, 1.165) is 19.3 Å². The lowest BCUT2D eigenvalue weighted by molar-refractivity contribution is 0.271. The predicted molar refractivity (Wildman–Crippen MR) is 257 cm³/mol. The maximum Gasteiger partial charge on any atom is 0.0690 e. The highest BCUT2D eigenvalue weighted by Gasteiger charge is 2.54. The molecule has 6 aromatic carbocycles. The fourth-order valence-electron chi connectivity index (χ4n) is 12.1. The van der Waals surface area contributed by atoms with Crippen LogP contribution in [0.5, 0.6) is 0 Å². The van der Waals surface area contributed by atoms with Gasteiger partial charge in [-0.15, -0.1) is 0 Å². The van der Waals surface area contributed by atoms with Crippen molar-refractivity contribution in [2.45, 2.75) is 56.7 Å². The molecule has 12 rings (SSSR count). The number of para-hydroxylation sites is 1. The summed E-state index contributed by atoms with van der Waals surface area (Å²) in [5, 5.41) is 2.58. The van der Waals surface area contributed by atoms with Crippen molar-refractivity contribution in [3.63, 3.8) is 0 Å². The van der Waals surface area contributed by atoms with Crippen molar-refractivity contribution in [1.29, 1.82) is 0 Å². The first-order chi connectivity index (χ1) is 30.0. The van der Waals surface area contributed by atoms with Gasteiger partial charge in [0, 0.05) is 28.4 Å². The number of nitrogens with zero attached hydrogens (tertiary/aromatic N) is 2. The highest BCUT2D eigenvalue weighted by molar-refractivity contribution is 5.99. The summed E-state index contributed by atoms with van der Waals surface area (Å²) in [6.07, 6.45) is 31.4. The predicted octanol–water partition coefficient (Wildman–Crippen LogP) is 14.2. The van der Waals surface area contributed by atoms with Crippen LogP contribution in [0.4, 0.5) is 17.1 Å². The highest BCUT2D eigenvalue weighted by atomic mass is 15.2. The Bertz CT molecular complexity index is 2970. The molecule has 6 aliphatic carbocycles. The molecule has 2 nitrogen and oxygen atoms in total. The molecule has 0 N–H and O–H groups in total. The van der Waals surface area contributed by atoms with Gasteiger partial charge in [-0.2, -0.15) is 0 Å². The van der Waals surface area contributed by atoms with Gasteiger partial charge in [0.15, 0.2) is 0 Å². The molecule has 0 aliphatic heterocycles. The van der Waals surface area contributed by atoms with E-state index in [4.69, 9.17) is 0 Å². The molecule has 0 bridgehead atoms. The summed E-state index contributed by atoms with van der Waals surface area (Å²) < 4.78 is 0. The van der Waals surface area contributed by atoms with Crippen molar-refractivity contribution in [2.24, 2.45) is 11.3 Å². The van der Waals surface area contributed by atoms with Crippen LogP contribution in [0.2, 0.25) is 0 Å². The number of rotatable bonds is 6. The topological polar surface area (TPSA) is 6.48 Å². The Kier molecular flexibility index (Phi) is 8.29. The third-order valence-corrected chi connectivity index (χ3v) is 14.8. The van der Waals surface area contributed by atoms with E-state index in [0.29, 0.717) is 5.92 Å². The molecule has 0 aromatic heterocycles. The largest absolute Gasteiger partial charge is 0.357 e. The van der Waals surface area contributed by atoms with Crippen molar-refractivity contribution < 1.29 is 0 Å². The lowest BCUT2D eigenvalue weighted by Gasteiger charge is -2.47. The lowest BCUT2D eigenvalue weighted by atomic mass is 9.65. The maximum atomic E-state index is 2.73. The van der Waals surface area contributed by atoms with Crippen LogP contribution in [0.15, 0.2) is 212 Å². The van der Waals surface area contributed by atoms with Crippen LogP contribution < -0.4 is 9.80 Å². The maximum absolute atomic E-state index is 2.73. The fraction of sp³-hybridized carbons (Fsp3) is 0.186. The van der Waals surface area contributed by atoms with Crippen molar-refractivity contribution in [3.8, 4) is 11.1 Å². The molecule has 6 aromatic rings. The van der Waals surface area contributed by atoms with E-state index in [1.54, 1.807) is 0 Å². The normalized spacial score (nSPS) is 26.0. The number of allylic oxidation sites excluding steroid dienone is 8. The first kappa shape index (κ1) is 36.2. The van der Waals surface area contributed by atoms with Gasteiger partial charge in [0.25, 0.3) is 0 Å². The first-order valence-electron chi connectivity index (χ1n) is 22.3.